The number of piperazine rings is 1. The fraction of sp³-hybridized carbons (Fsp3) is 0.370. The Balaban J connectivity index is 1.20. The third-order valence-electron chi connectivity index (χ3n) is 7.32. The second-order valence-electron chi connectivity index (χ2n) is 9.80. The normalized spacial score (nSPS) is 16.1. The smallest absolute Gasteiger partial charge is 0.324 e. The maximum atomic E-state index is 13.7. The Hall–Kier alpha value is -4.35. The van der Waals surface area contributed by atoms with Gasteiger partial charge in [0.1, 0.15) is 5.65 Å². The van der Waals surface area contributed by atoms with E-state index in [4.69, 9.17) is 4.42 Å². The van der Waals surface area contributed by atoms with Gasteiger partial charge in [-0.3, -0.25) is 9.69 Å². The summed E-state index contributed by atoms with van der Waals surface area (Å²) in [6.45, 7) is 2.23. The van der Waals surface area contributed by atoms with E-state index in [1.165, 1.54) is 0 Å². The van der Waals surface area contributed by atoms with E-state index < -0.39 is 12.3 Å². The Morgan fingerprint density at radius 2 is 1.77 bits per heavy atom. The van der Waals surface area contributed by atoms with E-state index >= 15 is 0 Å². The zero-order valence-corrected chi connectivity index (χ0v) is 21.1. The lowest BCUT2D eigenvalue weighted by molar-refractivity contribution is -0.139. The monoisotopic (exact) mass is 535 g/mol. The summed E-state index contributed by atoms with van der Waals surface area (Å²) in [5.74, 6) is -0.398. The van der Waals surface area contributed by atoms with Crippen molar-refractivity contribution in [2.75, 3.05) is 31.1 Å². The number of pyridine rings is 1. The zero-order chi connectivity index (χ0) is 26.9. The van der Waals surface area contributed by atoms with Gasteiger partial charge in [-0.1, -0.05) is 24.6 Å². The predicted octanol–water partition coefficient (Wildman–Crippen LogP) is 4.39. The third-order valence-corrected chi connectivity index (χ3v) is 7.32. The van der Waals surface area contributed by atoms with Crippen molar-refractivity contribution in [3.8, 4) is 11.5 Å². The highest BCUT2D eigenvalue weighted by atomic mass is 19.3. The van der Waals surface area contributed by atoms with Crippen LogP contribution in [0.25, 0.3) is 17.1 Å². The van der Waals surface area contributed by atoms with Crippen LogP contribution in [0.3, 0.4) is 0 Å². The van der Waals surface area contributed by atoms with Gasteiger partial charge >= 0.3 is 12.5 Å². The summed E-state index contributed by atoms with van der Waals surface area (Å²) < 4.78 is 32.5. The number of nitrogens with zero attached hydrogens (tertiary/aromatic N) is 7. The van der Waals surface area contributed by atoms with E-state index in [2.05, 4.69) is 15.2 Å². The van der Waals surface area contributed by atoms with Crippen molar-refractivity contribution >= 4 is 23.3 Å². The Kier molecular flexibility index (Phi) is 6.67. The molecule has 4 aromatic rings. The molecule has 1 saturated heterocycles. The average molecular weight is 536 g/mol. The number of aromatic nitrogens is 4. The molecule has 0 atom stereocenters. The van der Waals surface area contributed by atoms with E-state index in [0.29, 0.717) is 43.1 Å². The van der Waals surface area contributed by atoms with Crippen molar-refractivity contribution in [1.82, 2.24) is 29.4 Å². The molecule has 202 valence electrons. The molecule has 3 aromatic heterocycles. The number of hydrogen-bond acceptors (Lipinski definition) is 6. The summed E-state index contributed by atoms with van der Waals surface area (Å²) >= 11 is 0. The molecular formula is C27H27F2N7O3. The van der Waals surface area contributed by atoms with Crippen LogP contribution in [-0.4, -0.2) is 67.5 Å². The van der Waals surface area contributed by atoms with Crippen LogP contribution in [0.4, 0.5) is 19.3 Å². The number of rotatable bonds is 6. The summed E-state index contributed by atoms with van der Waals surface area (Å²) in [5, 5.41) is 7.08. The molecule has 2 fully saturated rings. The fourth-order valence-electron chi connectivity index (χ4n) is 4.92. The number of halogens is 2. The van der Waals surface area contributed by atoms with Crippen LogP contribution in [0, 0.1) is 5.92 Å². The number of alkyl halides is 2. The molecule has 1 aliphatic heterocycles. The molecule has 1 saturated carbocycles. The topological polar surface area (TPSA) is 100 Å². The second kappa shape index (κ2) is 10.4. The summed E-state index contributed by atoms with van der Waals surface area (Å²) in [6, 6.07) is 12.6. The minimum atomic E-state index is -2.85. The number of carbonyl (C=O) groups is 2. The number of amides is 3. The second-order valence-corrected chi connectivity index (χ2v) is 9.80. The quantitative estimate of drug-likeness (QED) is 0.363. The maximum absolute atomic E-state index is 13.7. The van der Waals surface area contributed by atoms with Crippen molar-refractivity contribution in [2.24, 2.45) is 5.92 Å². The molecule has 0 N–H and O–H groups in total. The molecule has 1 aromatic carbocycles. The Morgan fingerprint density at radius 1 is 1.03 bits per heavy atom. The van der Waals surface area contributed by atoms with E-state index in [1.807, 2.05) is 41.4 Å². The Morgan fingerprint density at radius 3 is 2.44 bits per heavy atom. The molecule has 2 aliphatic rings. The van der Waals surface area contributed by atoms with Gasteiger partial charge in [-0.25, -0.2) is 9.78 Å². The first kappa shape index (κ1) is 25.0. The van der Waals surface area contributed by atoms with Gasteiger partial charge in [-0.05, 0) is 37.1 Å². The standard InChI is InChI=1S/C27H27F2N7O3/c28-23(29)25-32-31-24(39-25)19-9-10-35-16-20(30-22(35)15-19)17-36(21-7-2-1-3-8-21)27(38)34-13-11-33(12-14-34)26(37)18-5-4-6-18/h1-3,7-10,15-16,18,23H,4-6,11-14,17H2. The molecule has 6 rings (SSSR count). The van der Waals surface area contributed by atoms with Crippen molar-refractivity contribution in [3.63, 3.8) is 0 Å². The first-order valence-electron chi connectivity index (χ1n) is 13.0. The van der Waals surface area contributed by atoms with E-state index in [1.54, 1.807) is 32.5 Å². The molecule has 39 heavy (non-hydrogen) atoms. The summed E-state index contributed by atoms with van der Waals surface area (Å²) in [7, 11) is 0. The van der Waals surface area contributed by atoms with Gasteiger partial charge in [0.2, 0.25) is 11.8 Å². The molecule has 0 bridgehead atoms. The van der Waals surface area contributed by atoms with Crippen LogP contribution in [0.5, 0.6) is 0 Å². The van der Waals surface area contributed by atoms with E-state index in [0.717, 1.165) is 24.9 Å². The van der Waals surface area contributed by atoms with Crippen LogP contribution in [0.15, 0.2) is 59.3 Å². The molecule has 1 aliphatic carbocycles. The predicted molar refractivity (Wildman–Crippen MR) is 137 cm³/mol. The van der Waals surface area contributed by atoms with Crippen LogP contribution in [0.2, 0.25) is 0 Å². The van der Waals surface area contributed by atoms with Gasteiger partial charge in [-0.2, -0.15) is 8.78 Å². The minimum Gasteiger partial charge on any atom is -0.415 e. The average Bonchev–Trinajstić information content (AvgIpc) is 3.58. The van der Waals surface area contributed by atoms with Gasteiger partial charge < -0.3 is 18.6 Å². The molecule has 4 heterocycles. The Bertz CT molecular complexity index is 1480. The van der Waals surface area contributed by atoms with Crippen molar-refractivity contribution < 1.29 is 22.8 Å². The molecule has 10 nitrogen and oxygen atoms in total. The lowest BCUT2D eigenvalue weighted by Gasteiger charge is -2.39. The molecule has 12 heteroatoms. The lowest BCUT2D eigenvalue weighted by atomic mass is 9.84. The molecule has 0 unspecified atom stereocenters. The highest BCUT2D eigenvalue weighted by Gasteiger charge is 2.33. The van der Waals surface area contributed by atoms with E-state index in [9.17, 15) is 18.4 Å². The highest BCUT2D eigenvalue weighted by molar-refractivity contribution is 5.92. The first-order valence-corrected chi connectivity index (χ1v) is 13.0. The maximum Gasteiger partial charge on any atom is 0.324 e. The lowest BCUT2D eigenvalue weighted by Crippen LogP contribution is -2.55. The molecular weight excluding hydrogens is 508 g/mol. The summed E-state index contributed by atoms with van der Waals surface area (Å²) in [4.78, 5) is 36.4. The van der Waals surface area contributed by atoms with Gasteiger partial charge in [0.05, 0.1) is 12.2 Å². The SMILES string of the molecule is O=C(C1CCC1)N1CCN(C(=O)N(Cc2cn3ccc(-c4nnc(C(F)F)o4)cc3n2)c2ccccc2)CC1. The van der Waals surface area contributed by atoms with E-state index in [-0.39, 0.29) is 30.3 Å². The number of para-hydroxylation sites is 1. The van der Waals surface area contributed by atoms with Crippen molar-refractivity contribution in [3.05, 3.63) is 66.4 Å². The van der Waals surface area contributed by atoms with Gasteiger partial charge in [0.25, 0.3) is 5.89 Å². The number of benzene rings is 1. The number of hydrogen-bond donors (Lipinski definition) is 0. The fourth-order valence-corrected chi connectivity index (χ4v) is 4.92. The highest BCUT2D eigenvalue weighted by Crippen LogP contribution is 2.29. The minimum absolute atomic E-state index is 0.0200. The van der Waals surface area contributed by atoms with Crippen molar-refractivity contribution in [1.29, 1.82) is 0 Å². The van der Waals surface area contributed by atoms with Crippen molar-refractivity contribution in [2.45, 2.75) is 32.2 Å². The number of carbonyl (C=O) groups excluding carboxylic acids is 2. The van der Waals surface area contributed by atoms with Crippen LogP contribution in [-0.2, 0) is 11.3 Å². The largest absolute Gasteiger partial charge is 0.415 e. The number of urea groups is 1. The molecule has 0 radical (unpaired) electrons. The first-order chi connectivity index (χ1) is 19.0. The van der Waals surface area contributed by atoms with Crippen LogP contribution >= 0.6 is 0 Å². The summed E-state index contributed by atoms with van der Waals surface area (Å²) in [6.07, 6.45) is 3.73. The van der Waals surface area contributed by atoms with Gasteiger partial charge in [0.15, 0.2) is 0 Å². The molecule has 3 amide bonds. The van der Waals surface area contributed by atoms with Crippen LogP contribution in [0.1, 0.15) is 37.3 Å². The number of fused-ring (bicyclic) bond motifs is 1. The number of anilines is 1. The summed E-state index contributed by atoms with van der Waals surface area (Å²) in [5.41, 5.74) is 2.38. The Labute approximate surface area is 222 Å². The zero-order valence-electron chi connectivity index (χ0n) is 21.1. The number of imidazole rings is 1. The third kappa shape index (κ3) is 5.06. The van der Waals surface area contributed by atoms with Gasteiger partial charge in [0, 0.05) is 55.7 Å². The van der Waals surface area contributed by atoms with Gasteiger partial charge in [-0.15, -0.1) is 10.2 Å². The molecule has 0 spiro atoms. The van der Waals surface area contributed by atoms with Crippen LogP contribution < -0.4 is 4.90 Å².